The predicted molar refractivity (Wildman–Crippen MR) is 64.3 cm³/mol. The van der Waals surface area contributed by atoms with Crippen LogP contribution in [-0.4, -0.2) is 19.7 Å². The molecule has 0 radical (unpaired) electrons. The van der Waals surface area contributed by atoms with E-state index in [-0.39, 0.29) is 11.3 Å². The van der Waals surface area contributed by atoms with E-state index in [1.807, 2.05) is 6.92 Å². The molecule has 1 rings (SSSR count). The fraction of sp³-hybridized carbons (Fsp3) is 0.500. The largest absolute Gasteiger partial charge is 0.330 e. The molecule has 0 N–H and O–H groups in total. The summed E-state index contributed by atoms with van der Waals surface area (Å²) >= 11 is 3.20. The second-order valence-electron chi connectivity index (χ2n) is 3.54. The highest BCUT2D eigenvalue weighted by atomic mass is 79.9. The first kappa shape index (κ1) is 12.9. The number of nitrogens with zero attached hydrogens (tertiary/aromatic N) is 2. The maximum atomic E-state index is 11.8. The highest BCUT2D eigenvalue weighted by Crippen LogP contribution is 2.09. The Hall–Kier alpha value is -1.17. The lowest BCUT2D eigenvalue weighted by Crippen LogP contribution is -2.40. The highest BCUT2D eigenvalue weighted by Gasteiger charge is 2.20. The van der Waals surface area contributed by atoms with Crippen LogP contribution in [0, 0.1) is 0 Å². The van der Waals surface area contributed by atoms with Crippen molar-refractivity contribution in [2.24, 2.45) is 14.1 Å². The molecule has 0 aliphatic heterocycles. The van der Waals surface area contributed by atoms with Crippen molar-refractivity contribution in [3.8, 4) is 0 Å². The molecular formula is C10H13BrN2O3. The Kier molecular flexibility index (Phi) is 3.85. The van der Waals surface area contributed by atoms with Crippen molar-refractivity contribution in [1.29, 1.82) is 0 Å². The van der Waals surface area contributed by atoms with E-state index < -0.39 is 16.1 Å². The molecule has 0 aromatic carbocycles. The SMILES string of the molecule is CCC(Br)C(=O)c1cn(C)c(=O)n(C)c1=O. The fourth-order valence-electron chi connectivity index (χ4n) is 1.33. The van der Waals surface area contributed by atoms with E-state index >= 15 is 0 Å². The zero-order chi connectivity index (χ0) is 12.5. The van der Waals surface area contributed by atoms with Crippen LogP contribution in [0.25, 0.3) is 0 Å². The van der Waals surface area contributed by atoms with Crippen molar-refractivity contribution >= 4 is 21.7 Å². The molecule has 0 aliphatic carbocycles. The Morgan fingerprint density at radius 2 is 2.00 bits per heavy atom. The molecule has 88 valence electrons. The summed E-state index contributed by atoms with van der Waals surface area (Å²) < 4.78 is 2.16. The summed E-state index contributed by atoms with van der Waals surface area (Å²) in [6.45, 7) is 1.84. The van der Waals surface area contributed by atoms with Crippen LogP contribution < -0.4 is 11.2 Å². The lowest BCUT2D eigenvalue weighted by molar-refractivity contribution is 0.0987. The standard InChI is InChI=1S/C10H13BrN2O3/c1-4-7(11)8(14)6-5-12(2)10(16)13(3)9(6)15/h5,7H,4H2,1-3H3. The van der Waals surface area contributed by atoms with E-state index in [1.165, 1.54) is 24.9 Å². The number of carbonyl (C=O) groups excluding carboxylic acids is 1. The Balaban J connectivity index is 3.43. The van der Waals surface area contributed by atoms with Gasteiger partial charge >= 0.3 is 5.69 Å². The molecule has 0 fully saturated rings. The van der Waals surface area contributed by atoms with Crippen LogP contribution in [0.5, 0.6) is 0 Å². The van der Waals surface area contributed by atoms with E-state index in [4.69, 9.17) is 0 Å². The third-order valence-corrected chi connectivity index (χ3v) is 3.42. The summed E-state index contributed by atoms with van der Waals surface area (Å²) in [5.41, 5.74) is -0.955. The van der Waals surface area contributed by atoms with Gasteiger partial charge in [-0.2, -0.15) is 0 Å². The summed E-state index contributed by atoms with van der Waals surface area (Å²) in [6.07, 6.45) is 1.88. The molecule has 16 heavy (non-hydrogen) atoms. The quantitative estimate of drug-likeness (QED) is 0.599. The lowest BCUT2D eigenvalue weighted by Gasteiger charge is -2.08. The number of aryl methyl sites for hydroxylation is 1. The summed E-state index contributed by atoms with van der Waals surface area (Å²) in [5.74, 6) is -0.293. The minimum atomic E-state index is -0.550. The van der Waals surface area contributed by atoms with E-state index in [9.17, 15) is 14.4 Å². The Labute approximate surface area is 101 Å². The lowest BCUT2D eigenvalue weighted by atomic mass is 10.1. The molecule has 0 bridgehead atoms. The van der Waals surface area contributed by atoms with Crippen molar-refractivity contribution in [2.45, 2.75) is 18.2 Å². The van der Waals surface area contributed by atoms with Crippen molar-refractivity contribution in [1.82, 2.24) is 9.13 Å². The van der Waals surface area contributed by atoms with Crippen molar-refractivity contribution < 1.29 is 4.79 Å². The molecule has 0 spiro atoms. The summed E-state index contributed by atoms with van der Waals surface area (Å²) in [6, 6.07) is 0. The number of aromatic nitrogens is 2. The van der Waals surface area contributed by atoms with Gasteiger partial charge in [-0.25, -0.2) is 4.79 Å². The molecule has 0 amide bonds. The Morgan fingerprint density at radius 1 is 1.44 bits per heavy atom. The van der Waals surface area contributed by atoms with Crippen molar-refractivity contribution in [3.05, 3.63) is 32.6 Å². The molecular weight excluding hydrogens is 276 g/mol. The van der Waals surface area contributed by atoms with Crippen LogP contribution >= 0.6 is 15.9 Å². The van der Waals surface area contributed by atoms with E-state index in [2.05, 4.69) is 15.9 Å². The van der Waals surface area contributed by atoms with Gasteiger partial charge in [0.1, 0.15) is 5.56 Å². The molecule has 1 aromatic heterocycles. The normalized spacial score (nSPS) is 12.5. The van der Waals surface area contributed by atoms with E-state index in [0.717, 1.165) is 4.57 Å². The van der Waals surface area contributed by atoms with Gasteiger partial charge in [-0.15, -0.1) is 0 Å². The second kappa shape index (κ2) is 4.78. The minimum absolute atomic E-state index is 0.0355. The van der Waals surface area contributed by atoms with Gasteiger partial charge in [-0.05, 0) is 6.42 Å². The van der Waals surface area contributed by atoms with Crippen LogP contribution in [0.1, 0.15) is 23.7 Å². The van der Waals surface area contributed by atoms with Crippen LogP contribution in [0.15, 0.2) is 15.8 Å². The van der Waals surface area contributed by atoms with Gasteiger partial charge in [0.05, 0.1) is 4.83 Å². The number of ketones is 1. The van der Waals surface area contributed by atoms with Gasteiger partial charge in [0.2, 0.25) is 0 Å². The average molecular weight is 289 g/mol. The first-order valence-corrected chi connectivity index (χ1v) is 5.76. The molecule has 1 atom stereocenters. The molecule has 0 saturated carbocycles. The van der Waals surface area contributed by atoms with Crippen LogP contribution in [0.4, 0.5) is 0 Å². The molecule has 1 heterocycles. The third kappa shape index (κ3) is 2.16. The smallest absolute Gasteiger partial charge is 0.303 e. The first-order chi connectivity index (χ1) is 7.40. The van der Waals surface area contributed by atoms with Crippen LogP contribution in [-0.2, 0) is 14.1 Å². The van der Waals surface area contributed by atoms with E-state index in [0.29, 0.717) is 6.42 Å². The number of halogens is 1. The first-order valence-electron chi connectivity index (χ1n) is 4.85. The Morgan fingerprint density at radius 3 is 2.50 bits per heavy atom. The average Bonchev–Trinajstić information content (AvgIpc) is 2.29. The number of hydrogen-bond donors (Lipinski definition) is 0. The summed E-state index contributed by atoms with van der Waals surface area (Å²) in [5, 5.41) is 0. The van der Waals surface area contributed by atoms with Gasteiger partial charge < -0.3 is 4.57 Å². The zero-order valence-corrected chi connectivity index (χ0v) is 10.9. The number of carbonyl (C=O) groups is 1. The number of hydrogen-bond acceptors (Lipinski definition) is 3. The molecule has 0 saturated heterocycles. The Bertz CT molecular complexity index is 530. The molecule has 0 aliphatic rings. The maximum Gasteiger partial charge on any atom is 0.330 e. The third-order valence-electron chi connectivity index (χ3n) is 2.35. The molecule has 1 aromatic rings. The zero-order valence-electron chi connectivity index (χ0n) is 9.36. The van der Waals surface area contributed by atoms with Crippen molar-refractivity contribution in [2.75, 3.05) is 0 Å². The van der Waals surface area contributed by atoms with Crippen LogP contribution in [0.3, 0.4) is 0 Å². The number of Topliss-reactive ketones (excluding diaryl/α,β-unsaturated/α-hetero) is 1. The monoisotopic (exact) mass is 288 g/mol. The predicted octanol–water partition coefficient (Wildman–Crippen LogP) is 0.440. The van der Waals surface area contributed by atoms with Crippen molar-refractivity contribution in [3.63, 3.8) is 0 Å². The summed E-state index contributed by atoms with van der Waals surface area (Å²) in [7, 11) is 2.87. The number of alkyl halides is 1. The number of rotatable bonds is 3. The molecule has 5 nitrogen and oxygen atoms in total. The highest BCUT2D eigenvalue weighted by molar-refractivity contribution is 9.10. The minimum Gasteiger partial charge on any atom is -0.303 e. The van der Waals surface area contributed by atoms with E-state index in [1.54, 1.807) is 0 Å². The fourth-order valence-corrected chi connectivity index (χ4v) is 1.58. The second-order valence-corrected chi connectivity index (χ2v) is 4.65. The topological polar surface area (TPSA) is 61.1 Å². The maximum absolute atomic E-state index is 11.8. The molecule has 1 unspecified atom stereocenters. The molecule has 6 heteroatoms. The van der Waals surface area contributed by atoms with Gasteiger partial charge in [0.25, 0.3) is 5.56 Å². The van der Waals surface area contributed by atoms with Gasteiger partial charge in [-0.3, -0.25) is 14.2 Å². The van der Waals surface area contributed by atoms with Gasteiger partial charge in [0.15, 0.2) is 5.78 Å². The van der Waals surface area contributed by atoms with Gasteiger partial charge in [0, 0.05) is 20.3 Å². The van der Waals surface area contributed by atoms with Crippen LogP contribution in [0.2, 0.25) is 0 Å². The van der Waals surface area contributed by atoms with Gasteiger partial charge in [-0.1, -0.05) is 22.9 Å². The summed E-state index contributed by atoms with van der Waals surface area (Å²) in [4.78, 5) is 34.6.